The second kappa shape index (κ2) is 6.60. The highest BCUT2D eigenvalue weighted by Gasteiger charge is 2.11. The molecule has 0 unspecified atom stereocenters. The normalized spacial score (nSPS) is 12.2. The van der Waals surface area contributed by atoms with Crippen LogP contribution in [0, 0.1) is 0 Å². The zero-order chi connectivity index (χ0) is 13.7. The van der Waals surface area contributed by atoms with Gasteiger partial charge in [0.15, 0.2) is 0 Å². The van der Waals surface area contributed by atoms with E-state index in [1.807, 2.05) is 55.5 Å². The van der Waals surface area contributed by atoms with Crippen molar-refractivity contribution in [3.05, 3.63) is 64.7 Å². The van der Waals surface area contributed by atoms with E-state index in [4.69, 9.17) is 16.3 Å². The standard InChI is InChI=1S/C16H17ClO2/c1-2-15(18)13-8-4-6-10-16(13)19-11-12-7-3-5-9-14(12)17/h3-10,15,18H,2,11H2,1H3/t15-/m0/s1. The summed E-state index contributed by atoms with van der Waals surface area (Å²) in [7, 11) is 0. The molecule has 2 nitrogen and oxygen atoms in total. The molecule has 0 aliphatic heterocycles. The summed E-state index contributed by atoms with van der Waals surface area (Å²) in [5, 5.41) is 10.6. The van der Waals surface area contributed by atoms with Gasteiger partial charge in [-0.05, 0) is 18.6 Å². The highest BCUT2D eigenvalue weighted by atomic mass is 35.5. The van der Waals surface area contributed by atoms with Gasteiger partial charge in [0.2, 0.25) is 0 Å². The number of hydrogen-bond donors (Lipinski definition) is 1. The molecule has 0 amide bonds. The molecule has 1 N–H and O–H groups in total. The van der Waals surface area contributed by atoms with E-state index in [1.165, 1.54) is 0 Å². The third kappa shape index (κ3) is 3.49. The van der Waals surface area contributed by atoms with Gasteiger partial charge in [0, 0.05) is 16.1 Å². The monoisotopic (exact) mass is 276 g/mol. The Morgan fingerprint density at radius 1 is 1.11 bits per heavy atom. The number of ether oxygens (including phenoxy) is 1. The highest BCUT2D eigenvalue weighted by molar-refractivity contribution is 6.31. The van der Waals surface area contributed by atoms with E-state index in [0.717, 1.165) is 11.1 Å². The summed E-state index contributed by atoms with van der Waals surface area (Å²) in [6, 6.07) is 15.1. The van der Waals surface area contributed by atoms with Gasteiger partial charge in [-0.1, -0.05) is 54.9 Å². The van der Waals surface area contributed by atoms with Crippen LogP contribution >= 0.6 is 11.6 Å². The van der Waals surface area contributed by atoms with Crippen LogP contribution in [-0.2, 0) is 6.61 Å². The van der Waals surface area contributed by atoms with Crippen molar-refractivity contribution in [2.45, 2.75) is 26.1 Å². The Bertz CT molecular complexity index is 540. The molecule has 0 aliphatic carbocycles. The summed E-state index contributed by atoms with van der Waals surface area (Å²) < 4.78 is 5.78. The van der Waals surface area contributed by atoms with Gasteiger partial charge in [-0.2, -0.15) is 0 Å². The molecule has 0 aliphatic rings. The van der Waals surface area contributed by atoms with Crippen LogP contribution in [-0.4, -0.2) is 5.11 Å². The van der Waals surface area contributed by atoms with E-state index in [0.29, 0.717) is 23.8 Å². The Morgan fingerprint density at radius 3 is 2.53 bits per heavy atom. The molecule has 0 spiro atoms. The van der Waals surface area contributed by atoms with Crippen LogP contribution in [0.5, 0.6) is 5.75 Å². The zero-order valence-corrected chi connectivity index (χ0v) is 11.6. The van der Waals surface area contributed by atoms with Crippen LogP contribution in [0.2, 0.25) is 5.02 Å². The highest BCUT2D eigenvalue weighted by Crippen LogP contribution is 2.28. The van der Waals surface area contributed by atoms with Crippen molar-refractivity contribution in [1.82, 2.24) is 0 Å². The van der Waals surface area contributed by atoms with Crippen LogP contribution in [0.1, 0.15) is 30.6 Å². The van der Waals surface area contributed by atoms with Crippen LogP contribution in [0.15, 0.2) is 48.5 Å². The summed E-state index contributed by atoms with van der Waals surface area (Å²) in [5.41, 5.74) is 1.75. The third-order valence-electron chi connectivity index (χ3n) is 3.01. The Labute approximate surface area is 118 Å². The summed E-state index contributed by atoms with van der Waals surface area (Å²) in [6.45, 7) is 2.34. The number of rotatable bonds is 5. The molecule has 2 rings (SSSR count). The first-order chi connectivity index (χ1) is 9.22. The molecule has 100 valence electrons. The smallest absolute Gasteiger partial charge is 0.125 e. The van der Waals surface area contributed by atoms with Crippen molar-refractivity contribution in [1.29, 1.82) is 0 Å². The lowest BCUT2D eigenvalue weighted by molar-refractivity contribution is 0.166. The van der Waals surface area contributed by atoms with E-state index in [-0.39, 0.29) is 0 Å². The second-order valence-electron chi connectivity index (χ2n) is 4.34. The fourth-order valence-electron chi connectivity index (χ4n) is 1.88. The summed E-state index contributed by atoms with van der Waals surface area (Å²) in [5.74, 6) is 0.705. The minimum absolute atomic E-state index is 0.396. The maximum Gasteiger partial charge on any atom is 0.125 e. The fraction of sp³-hybridized carbons (Fsp3) is 0.250. The zero-order valence-electron chi connectivity index (χ0n) is 10.8. The van der Waals surface area contributed by atoms with E-state index in [1.54, 1.807) is 0 Å². The predicted molar refractivity (Wildman–Crippen MR) is 77.5 cm³/mol. The number of hydrogen-bond acceptors (Lipinski definition) is 2. The van der Waals surface area contributed by atoms with Crippen molar-refractivity contribution >= 4 is 11.6 Å². The van der Waals surface area contributed by atoms with Crippen molar-refractivity contribution in [2.75, 3.05) is 0 Å². The molecule has 0 saturated heterocycles. The van der Waals surface area contributed by atoms with Gasteiger partial charge in [0.25, 0.3) is 0 Å². The van der Waals surface area contributed by atoms with Crippen molar-refractivity contribution in [3.8, 4) is 5.75 Å². The summed E-state index contributed by atoms with van der Waals surface area (Å²) in [4.78, 5) is 0. The first kappa shape index (κ1) is 13.9. The second-order valence-corrected chi connectivity index (χ2v) is 4.75. The lowest BCUT2D eigenvalue weighted by Crippen LogP contribution is -2.02. The molecule has 3 heteroatoms. The lowest BCUT2D eigenvalue weighted by Gasteiger charge is -2.15. The average Bonchev–Trinajstić information content (AvgIpc) is 2.46. The predicted octanol–water partition coefficient (Wildman–Crippen LogP) is 4.36. The number of para-hydroxylation sites is 1. The van der Waals surface area contributed by atoms with Crippen molar-refractivity contribution in [2.24, 2.45) is 0 Å². The Morgan fingerprint density at radius 2 is 1.79 bits per heavy atom. The number of aliphatic hydroxyl groups is 1. The number of halogens is 1. The Kier molecular flexibility index (Phi) is 4.83. The maximum atomic E-state index is 9.96. The maximum absolute atomic E-state index is 9.96. The fourth-order valence-corrected chi connectivity index (χ4v) is 2.07. The van der Waals surface area contributed by atoms with E-state index >= 15 is 0 Å². The van der Waals surface area contributed by atoms with Gasteiger partial charge >= 0.3 is 0 Å². The van der Waals surface area contributed by atoms with Crippen LogP contribution in [0.3, 0.4) is 0 Å². The quantitative estimate of drug-likeness (QED) is 0.879. The minimum Gasteiger partial charge on any atom is -0.488 e. The molecule has 2 aromatic rings. The largest absolute Gasteiger partial charge is 0.488 e. The Balaban J connectivity index is 2.14. The molecule has 0 heterocycles. The molecular weight excluding hydrogens is 260 g/mol. The molecular formula is C16H17ClO2. The lowest BCUT2D eigenvalue weighted by atomic mass is 10.1. The SMILES string of the molecule is CC[C@H](O)c1ccccc1OCc1ccccc1Cl. The Hall–Kier alpha value is -1.51. The topological polar surface area (TPSA) is 29.5 Å². The van der Waals surface area contributed by atoms with Gasteiger partial charge < -0.3 is 9.84 Å². The molecule has 2 aromatic carbocycles. The minimum atomic E-state index is -0.498. The van der Waals surface area contributed by atoms with Crippen LogP contribution in [0.4, 0.5) is 0 Å². The van der Waals surface area contributed by atoms with Gasteiger partial charge in [0.05, 0.1) is 6.10 Å². The summed E-state index contributed by atoms with van der Waals surface area (Å²) >= 11 is 6.09. The molecule has 1 atom stereocenters. The third-order valence-corrected chi connectivity index (χ3v) is 3.37. The van der Waals surface area contributed by atoms with Crippen LogP contribution in [0.25, 0.3) is 0 Å². The van der Waals surface area contributed by atoms with E-state index < -0.39 is 6.10 Å². The van der Waals surface area contributed by atoms with E-state index in [9.17, 15) is 5.11 Å². The van der Waals surface area contributed by atoms with Gasteiger partial charge in [-0.3, -0.25) is 0 Å². The van der Waals surface area contributed by atoms with Crippen molar-refractivity contribution in [3.63, 3.8) is 0 Å². The molecule has 19 heavy (non-hydrogen) atoms. The van der Waals surface area contributed by atoms with Crippen LogP contribution < -0.4 is 4.74 Å². The average molecular weight is 277 g/mol. The number of aliphatic hydroxyl groups excluding tert-OH is 1. The summed E-state index contributed by atoms with van der Waals surface area (Å²) in [6.07, 6.45) is 0.161. The molecule has 0 radical (unpaired) electrons. The van der Waals surface area contributed by atoms with Gasteiger partial charge in [-0.15, -0.1) is 0 Å². The first-order valence-corrected chi connectivity index (χ1v) is 6.73. The van der Waals surface area contributed by atoms with E-state index in [2.05, 4.69) is 0 Å². The molecule has 0 bridgehead atoms. The molecule has 0 fully saturated rings. The first-order valence-electron chi connectivity index (χ1n) is 6.35. The molecule has 0 saturated carbocycles. The number of benzene rings is 2. The van der Waals surface area contributed by atoms with Gasteiger partial charge in [0.1, 0.15) is 12.4 Å². The van der Waals surface area contributed by atoms with Crippen molar-refractivity contribution < 1.29 is 9.84 Å². The molecule has 0 aromatic heterocycles. The van der Waals surface area contributed by atoms with Gasteiger partial charge in [-0.25, -0.2) is 0 Å².